The smallest absolute Gasteiger partial charge is 0.338 e. The van der Waals surface area contributed by atoms with Gasteiger partial charge in [-0.15, -0.1) is 0 Å². The van der Waals surface area contributed by atoms with Gasteiger partial charge in [0.15, 0.2) is 11.6 Å². The van der Waals surface area contributed by atoms with Crippen LogP contribution in [0.1, 0.15) is 47.8 Å². The molecule has 0 amide bonds. The highest BCUT2D eigenvalue weighted by Gasteiger charge is 2.33. The second-order valence-electron chi connectivity index (χ2n) is 8.16. The number of esters is 1. The molecular weight excluding hydrogens is 442 g/mol. The molecule has 172 valence electrons. The number of benzene rings is 4. The maximum atomic E-state index is 13.2. The number of carbonyl (C=O) groups is 3. The molecular formula is C29H21NO5. The molecule has 0 unspecified atom stereocenters. The zero-order chi connectivity index (χ0) is 24.4. The first-order valence-electron chi connectivity index (χ1n) is 11.2. The monoisotopic (exact) mass is 463 g/mol. The molecule has 0 heterocycles. The Kier molecular flexibility index (Phi) is 5.85. The van der Waals surface area contributed by atoms with Crippen LogP contribution in [0.2, 0.25) is 0 Å². The fourth-order valence-corrected chi connectivity index (χ4v) is 4.14. The summed E-state index contributed by atoms with van der Waals surface area (Å²) in [6, 6.07) is 25.9. The number of aromatic hydroxyl groups is 1. The Morgan fingerprint density at radius 2 is 1.37 bits per heavy atom. The van der Waals surface area contributed by atoms with E-state index in [2.05, 4.69) is 5.32 Å². The predicted molar refractivity (Wildman–Crippen MR) is 132 cm³/mol. The van der Waals surface area contributed by atoms with Crippen molar-refractivity contribution in [1.29, 1.82) is 0 Å². The van der Waals surface area contributed by atoms with Gasteiger partial charge in [0.05, 0.1) is 29.0 Å². The SMILES string of the molecule is O=C(OCCc1ccc(Nc2ccc(O)c3c2C(=O)c2ccccc2C3=O)cc1)c1ccccc1. The van der Waals surface area contributed by atoms with Crippen molar-refractivity contribution in [3.63, 3.8) is 0 Å². The maximum Gasteiger partial charge on any atom is 0.338 e. The Balaban J connectivity index is 1.30. The first-order chi connectivity index (χ1) is 17.0. The van der Waals surface area contributed by atoms with Gasteiger partial charge in [0.25, 0.3) is 0 Å². The van der Waals surface area contributed by atoms with Crippen molar-refractivity contribution in [3.05, 3.63) is 124 Å². The molecule has 1 aliphatic carbocycles. The Morgan fingerprint density at radius 3 is 2.06 bits per heavy atom. The van der Waals surface area contributed by atoms with Gasteiger partial charge in [-0.2, -0.15) is 0 Å². The van der Waals surface area contributed by atoms with E-state index in [-0.39, 0.29) is 46.6 Å². The lowest BCUT2D eigenvalue weighted by Crippen LogP contribution is -2.22. The van der Waals surface area contributed by atoms with E-state index >= 15 is 0 Å². The Labute approximate surface area is 201 Å². The van der Waals surface area contributed by atoms with Crippen LogP contribution in [0, 0.1) is 0 Å². The lowest BCUT2D eigenvalue weighted by atomic mass is 9.82. The topological polar surface area (TPSA) is 92.7 Å². The van der Waals surface area contributed by atoms with Crippen LogP contribution in [-0.4, -0.2) is 29.2 Å². The molecule has 4 aromatic carbocycles. The third-order valence-corrected chi connectivity index (χ3v) is 5.92. The third kappa shape index (κ3) is 4.29. The first kappa shape index (κ1) is 22.1. The van der Waals surface area contributed by atoms with Gasteiger partial charge in [0.1, 0.15) is 5.75 Å². The first-order valence-corrected chi connectivity index (χ1v) is 11.2. The van der Waals surface area contributed by atoms with Crippen molar-refractivity contribution >= 4 is 28.9 Å². The quantitative estimate of drug-likeness (QED) is 0.262. The van der Waals surface area contributed by atoms with Gasteiger partial charge >= 0.3 is 5.97 Å². The average Bonchev–Trinajstić information content (AvgIpc) is 2.89. The van der Waals surface area contributed by atoms with E-state index < -0.39 is 0 Å². The highest BCUT2D eigenvalue weighted by atomic mass is 16.5. The average molecular weight is 463 g/mol. The van der Waals surface area contributed by atoms with Gasteiger partial charge < -0.3 is 15.2 Å². The Hall–Kier alpha value is -4.71. The van der Waals surface area contributed by atoms with E-state index in [0.717, 1.165) is 5.56 Å². The lowest BCUT2D eigenvalue weighted by molar-refractivity contribution is 0.0509. The number of fused-ring (bicyclic) bond motifs is 2. The van der Waals surface area contributed by atoms with Gasteiger partial charge in [-0.1, -0.05) is 54.6 Å². The molecule has 0 radical (unpaired) electrons. The van der Waals surface area contributed by atoms with Gasteiger partial charge in [0, 0.05) is 23.2 Å². The van der Waals surface area contributed by atoms with Crippen molar-refractivity contribution in [2.24, 2.45) is 0 Å². The van der Waals surface area contributed by atoms with Crippen LogP contribution in [0.15, 0.2) is 91.0 Å². The molecule has 2 N–H and O–H groups in total. The van der Waals surface area contributed by atoms with Crippen molar-refractivity contribution in [3.8, 4) is 5.75 Å². The minimum Gasteiger partial charge on any atom is -0.507 e. The molecule has 0 aromatic heterocycles. The van der Waals surface area contributed by atoms with Crippen LogP contribution in [0.5, 0.6) is 5.75 Å². The number of anilines is 2. The summed E-state index contributed by atoms with van der Waals surface area (Å²) in [4.78, 5) is 38.2. The third-order valence-electron chi connectivity index (χ3n) is 5.92. The highest BCUT2D eigenvalue weighted by molar-refractivity contribution is 6.31. The molecule has 0 atom stereocenters. The zero-order valence-electron chi connectivity index (χ0n) is 18.7. The summed E-state index contributed by atoms with van der Waals surface area (Å²) in [6.45, 7) is 0.252. The number of carbonyl (C=O) groups excluding carboxylic acids is 3. The summed E-state index contributed by atoms with van der Waals surface area (Å²) in [6.07, 6.45) is 0.553. The van der Waals surface area contributed by atoms with Crippen LogP contribution >= 0.6 is 0 Å². The predicted octanol–water partition coefficient (Wildman–Crippen LogP) is 5.31. The molecule has 0 aliphatic heterocycles. The molecule has 0 spiro atoms. The minimum absolute atomic E-state index is 0.00977. The number of phenols is 1. The van der Waals surface area contributed by atoms with Gasteiger partial charge in [0.2, 0.25) is 0 Å². The number of hydrogen-bond acceptors (Lipinski definition) is 6. The van der Waals surface area contributed by atoms with E-state index in [1.165, 1.54) is 6.07 Å². The van der Waals surface area contributed by atoms with Crippen molar-refractivity contribution < 1.29 is 24.2 Å². The van der Waals surface area contributed by atoms with Crippen LogP contribution in [0.3, 0.4) is 0 Å². The summed E-state index contributed by atoms with van der Waals surface area (Å²) >= 11 is 0. The number of nitrogens with one attached hydrogen (secondary N) is 1. The van der Waals surface area contributed by atoms with E-state index in [1.54, 1.807) is 54.6 Å². The van der Waals surface area contributed by atoms with Crippen molar-refractivity contribution in [1.82, 2.24) is 0 Å². The zero-order valence-corrected chi connectivity index (χ0v) is 18.7. The van der Waals surface area contributed by atoms with E-state index in [0.29, 0.717) is 28.9 Å². The van der Waals surface area contributed by atoms with Crippen molar-refractivity contribution in [2.75, 3.05) is 11.9 Å². The van der Waals surface area contributed by atoms with Crippen molar-refractivity contribution in [2.45, 2.75) is 6.42 Å². The number of ether oxygens (including phenoxy) is 1. The minimum atomic E-state index is -0.378. The maximum absolute atomic E-state index is 13.2. The Morgan fingerprint density at radius 1 is 0.743 bits per heavy atom. The largest absolute Gasteiger partial charge is 0.507 e. The number of hydrogen-bond donors (Lipinski definition) is 2. The van der Waals surface area contributed by atoms with E-state index in [9.17, 15) is 19.5 Å². The highest BCUT2D eigenvalue weighted by Crippen LogP contribution is 2.38. The fourth-order valence-electron chi connectivity index (χ4n) is 4.14. The van der Waals surface area contributed by atoms with Crippen LogP contribution < -0.4 is 5.32 Å². The van der Waals surface area contributed by atoms with Gasteiger partial charge in [-0.25, -0.2) is 4.79 Å². The van der Waals surface area contributed by atoms with Crippen LogP contribution in [0.4, 0.5) is 11.4 Å². The molecule has 0 bridgehead atoms. The molecule has 5 rings (SSSR count). The standard InChI is InChI=1S/C29H21NO5/c31-24-15-14-23(25-26(24)28(33)22-9-5-4-8-21(22)27(25)32)30-20-12-10-18(11-13-20)16-17-35-29(34)19-6-2-1-3-7-19/h1-15,30-31H,16-17H2. The molecule has 0 fully saturated rings. The second-order valence-corrected chi connectivity index (χ2v) is 8.16. The Bertz CT molecular complexity index is 1440. The van der Waals surface area contributed by atoms with Gasteiger partial charge in [-0.3, -0.25) is 9.59 Å². The number of rotatable bonds is 6. The van der Waals surface area contributed by atoms with Crippen LogP contribution in [0.25, 0.3) is 0 Å². The second kappa shape index (κ2) is 9.27. The molecule has 1 aliphatic rings. The summed E-state index contributed by atoms with van der Waals surface area (Å²) in [5, 5.41) is 13.5. The molecule has 35 heavy (non-hydrogen) atoms. The van der Waals surface area contributed by atoms with E-state index in [4.69, 9.17) is 4.74 Å². The summed E-state index contributed by atoms with van der Waals surface area (Å²) in [7, 11) is 0. The number of phenolic OH excluding ortho intramolecular Hbond substituents is 1. The molecule has 4 aromatic rings. The van der Waals surface area contributed by atoms with Gasteiger partial charge in [-0.05, 0) is 42.0 Å². The molecule has 0 saturated carbocycles. The number of ketones is 2. The molecule has 6 nitrogen and oxygen atoms in total. The van der Waals surface area contributed by atoms with Crippen LogP contribution in [-0.2, 0) is 11.2 Å². The lowest BCUT2D eigenvalue weighted by Gasteiger charge is -2.21. The summed E-state index contributed by atoms with van der Waals surface area (Å²) in [5.74, 6) is -1.28. The summed E-state index contributed by atoms with van der Waals surface area (Å²) < 4.78 is 5.33. The fraction of sp³-hybridized carbons (Fsp3) is 0.0690. The summed E-state index contributed by atoms with van der Waals surface area (Å²) in [5.41, 5.74) is 3.41. The molecule has 6 heteroatoms. The van der Waals surface area contributed by atoms with E-state index in [1.807, 2.05) is 30.3 Å². The molecule has 0 saturated heterocycles. The normalized spacial score (nSPS) is 12.0.